The van der Waals surface area contributed by atoms with E-state index in [0.717, 1.165) is 6.07 Å². The largest absolute Gasteiger partial charge is 0.417 e. The standard InChI is InChI=1S/C15H12ClF3N2O2/c16-12-4-2-1-3-10(12)7-20-13(22)9-21-8-11(15(17,18)19)5-6-14(21)23/h1-6,8H,7,9H2,(H,20,22). The summed E-state index contributed by atoms with van der Waals surface area (Å²) in [6.07, 6.45) is -3.96. The fraction of sp³-hybridized carbons (Fsp3) is 0.200. The van der Waals surface area contributed by atoms with E-state index in [9.17, 15) is 22.8 Å². The van der Waals surface area contributed by atoms with E-state index >= 15 is 0 Å². The van der Waals surface area contributed by atoms with Gasteiger partial charge in [0.15, 0.2) is 0 Å². The minimum Gasteiger partial charge on any atom is -0.350 e. The molecule has 0 radical (unpaired) electrons. The van der Waals surface area contributed by atoms with Gasteiger partial charge in [0.1, 0.15) is 6.54 Å². The van der Waals surface area contributed by atoms with Crippen molar-refractivity contribution in [2.45, 2.75) is 19.3 Å². The number of hydrogen-bond donors (Lipinski definition) is 1. The molecule has 1 heterocycles. The highest BCUT2D eigenvalue weighted by Gasteiger charge is 2.31. The number of benzene rings is 1. The van der Waals surface area contributed by atoms with E-state index in [0.29, 0.717) is 27.4 Å². The summed E-state index contributed by atoms with van der Waals surface area (Å²) in [4.78, 5) is 23.4. The molecule has 1 amide bonds. The second kappa shape index (κ2) is 6.87. The Morgan fingerprint density at radius 3 is 2.52 bits per heavy atom. The number of aromatic nitrogens is 1. The molecule has 23 heavy (non-hydrogen) atoms. The van der Waals surface area contributed by atoms with E-state index in [2.05, 4.69) is 5.32 Å². The second-order valence-electron chi connectivity index (χ2n) is 4.75. The Kier molecular flexibility index (Phi) is 5.10. The summed E-state index contributed by atoms with van der Waals surface area (Å²) in [6.45, 7) is -0.389. The summed E-state index contributed by atoms with van der Waals surface area (Å²) in [5.74, 6) is -0.591. The summed E-state index contributed by atoms with van der Waals surface area (Å²) in [6, 6.07) is 8.30. The molecule has 1 aromatic carbocycles. The van der Waals surface area contributed by atoms with E-state index in [1.165, 1.54) is 0 Å². The lowest BCUT2D eigenvalue weighted by Crippen LogP contribution is -2.32. The van der Waals surface area contributed by atoms with Crippen LogP contribution in [-0.4, -0.2) is 10.5 Å². The predicted octanol–water partition coefficient (Wildman–Crippen LogP) is 2.84. The van der Waals surface area contributed by atoms with Crippen molar-refractivity contribution in [1.29, 1.82) is 0 Å². The first-order valence-electron chi connectivity index (χ1n) is 6.55. The first kappa shape index (κ1) is 17.1. The van der Waals surface area contributed by atoms with Crippen LogP contribution in [0.4, 0.5) is 13.2 Å². The van der Waals surface area contributed by atoms with Crippen LogP contribution in [0.25, 0.3) is 0 Å². The van der Waals surface area contributed by atoms with Gasteiger partial charge in [0.25, 0.3) is 5.56 Å². The van der Waals surface area contributed by atoms with E-state index in [4.69, 9.17) is 11.6 Å². The van der Waals surface area contributed by atoms with Crippen LogP contribution in [0.3, 0.4) is 0 Å². The van der Waals surface area contributed by atoms with Crippen LogP contribution in [-0.2, 0) is 24.1 Å². The smallest absolute Gasteiger partial charge is 0.350 e. The zero-order chi connectivity index (χ0) is 17.0. The van der Waals surface area contributed by atoms with Crippen molar-refractivity contribution in [2.75, 3.05) is 0 Å². The molecule has 0 unspecified atom stereocenters. The zero-order valence-corrected chi connectivity index (χ0v) is 12.5. The molecule has 0 spiro atoms. The minimum atomic E-state index is -4.58. The Labute approximate surface area is 134 Å². The maximum absolute atomic E-state index is 12.6. The molecule has 2 rings (SSSR count). The number of rotatable bonds is 4. The topological polar surface area (TPSA) is 51.1 Å². The number of carbonyl (C=O) groups is 1. The second-order valence-corrected chi connectivity index (χ2v) is 5.16. The predicted molar refractivity (Wildman–Crippen MR) is 79.0 cm³/mol. The van der Waals surface area contributed by atoms with Gasteiger partial charge in [-0.2, -0.15) is 13.2 Å². The minimum absolute atomic E-state index is 0.117. The molecule has 0 aliphatic carbocycles. The molecule has 4 nitrogen and oxygen atoms in total. The zero-order valence-electron chi connectivity index (χ0n) is 11.7. The van der Waals surface area contributed by atoms with Gasteiger partial charge in [-0.1, -0.05) is 29.8 Å². The summed E-state index contributed by atoms with van der Waals surface area (Å²) < 4.78 is 38.6. The van der Waals surface area contributed by atoms with Gasteiger partial charge < -0.3 is 9.88 Å². The van der Waals surface area contributed by atoms with Gasteiger partial charge in [0, 0.05) is 23.8 Å². The average molecular weight is 345 g/mol. The van der Waals surface area contributed by atoms with Gasteiger partial charge >= 0.3 is 6.18 Å². The van der Waals surface area contributed by atoms with Gasteiger partial charge in [0.2, 0.25) is 5.91 Å². The van der Waals surface area contributed by atoms with Gasteiger partial charge in [-0.25, -0.2) is 0 Å². The molecule has 122 valence electrons. The fourth-order valence-electron chi connectivity index (χ4n) is 1.87. The number of carbonyl (C=O) groups excluding carboxylic acids is 1. The Morgan fingerprint density at radius 1 is 1.17 bits per heavy atom. The summed E-state index contributed by atoms with van der Waals surface area (Å²) in [5, 5.41) is 2.97. The maximum Gasteiger partial charge on any atom is 0.417 e. The lowest BCUT2D eigenvalue weighted by Gasteiger charge is -2.11. The number of halogens is 4. The highest BCUT2D eigenvalue weighted by atomic mass is 35.5. The molecule has 0 atom stereocenters. The highest BCUT2D eigenvalue weighted by molar-refractivity contribution is 6.31. The first-order chi connectivity index (χ1) is 10.8. The molecule has 0 saturated carbocycles. The number of amides is 1. The Hall–Kier alpha value is -2.28. The van der Waals surface area contributed by atoms with Crippen molar-refractivity contribution in [3.05, 3.63) is 69.1 Å². The van der Waals surface area contributed by atoms with Gasteiger partial charge in [-0.3, -0.25) is 9.59 Å². The fourth-order valence-corrected chi connectivity index (χ4v) is 2.07. The highest BCUT2D eigenvalue weighted by Crippen LogP contribution is 2.27. The van der Waals surface area contributed by atoms with Crippen molar-refractivity contribution < 1.29 is 18.0 Å². The van der Waals surface area contributed by atoms with Crippen LogP contribution in [0.1, 0.15) is 11.1 Å². The van der Waals surface area contributed by atoms with Crippen molar-refractivity contribution in [1.82, 2.24) is 9.88 Å². The lowest BCUT2D eigenvalue weighted by molar-refractivity contribution is -0.138. The molecule has 1 aromatic heterocycles. The maximum atomic E-state index is 12.6. The van der Waals surface area contributed by atoms with E-state index in [1.54, 1.807) is 24.3 Å². The van der Waals surface area contributed by atoms with Crippen molar-refractivity contribution in [3.63, 3.8) is 0 Å². The molecule has 0 bridgehead atoms. The Bertz CT molecular complexity index is 772. The molecular formula is C15H12ClF3N2O2. The van der Waals surface area contributed by atoms with Crippen LogP contribution in [0.2, 0.25) is 5.02 Å². The molecule has 0 aliphatic heterocycles. The summed E-state index contributed by atoms with van der Waals surface area (Å²) in [5.41, 5.74) is -1.01. The lowest BCUT2D eigenvalue weighted by atomic mass is 10.2. The Balaban J connectivity index is 2.06. The van der Waals surface area contributed by atoms with Crippen molar-refractivity contribution in [2.24, 2.45) is 0 Å². The van der Waals surface area contributed by atoms with E-state index in [1.807, 2.05) is 0 Å². The summed E-state index contributed by atoms with van der Waals surface area (Å²) >= 11 is 5.93. The molecule has 0 aliphatic rings. The third kappa shape index (κ3) is 4.59. The normalized spacial score (nSPS) is 11.3. The summed E-state index contributed by atoms with van der Waals surface area (Å²) in [7, 11) is 0. The van der Waals surface area contributed by atoms with Gasteiger partial charge in [-0.05, 0) is 17.7 Å². The van der Waals surface area contributed by atoms with E-state index < -0.39 is 29.8 Å². The molecule has 8 heteroatoms. The molecular weight excluding hydrogens is 333 g/mol. The SMILES string of the molecule is O=C(Cn1cc(C(F)(F)F)ccc1=O)NCc1ccccc1Cl. The van der Waals surface area contributed by atoms with Crippen LogP contribution >= 0.6 is 11.6 Å². The first-order valence-corrected chi connectivity index (χ1v) is 6.93. The Morgan fingerprint density at radius 2 is 1.87 bits per heavy atom. The third-order valence-electron chi connectivity index (χ3n) is 3.06. The van der Waals surface area contributed by atoms with Crippen LogP contribution in [0.15, 0.2) is 47.4 Å². The van der Waals surface area contributed by atoms with Crippen molar-refractivity contribution >= 4 is 17.5 Å². The number of alkyl halides is 3. The van der Waals surface area contributed by atoms with Gasteiger partial charge in [-0.15, -0.1) is 0 Å². The van der Waals surface area contributed by atoms with Crippen LogP contribution in [0.5, 0.6) is 0 Å². The van der Waals surface area contributed by atoms with Crippen LogP contribution in [0, 0.1) is 0 Å². The van der Waals surface area contributed by atoms with E-state index in [-0.39, 0.29) is 6.54 Å². The van der Waals surface area contributed by atoms with Crippen molar-refractivity contribution in [3.8, 4) is 0 Å². The number of pyridine rings is 1. The quantitative estimate of drug-likeness (QED) is 0.927. The van der Waals surface area contributed by atoms with Crippen LogP contribution < -0.4 is 10.9 Å². The number of hydrogen-bond acceptors (Lipinski definition) is 2. The third-order valence-corrected chi connectivity index (χ3v) is 3.43. The monoisotopic (exact) mass is 344 g/mol. The van der Waals surface area contributed by atoms with Gasteiger partial charge in [0.05, 0.1) is 5.56 Å². The molecule has 2 aromatic rings. The number of nitrogens with one attached hydrogen (secondary N) is 1. The molecule has 0 fully saturated rings. The number of nitrogens with zero attached hydrogens (tertiary/aromatic N) is 1. The average Bonchev–Trinajstić information content (AvgIpc) is 2.47. The molecule has 0 saturated heterocycles. The molecule has 1 N–H and O–H groups in total.